The van der Waals surface area contributed by atoms with Crippen molar-refractivity contribution in [2.75, 3.05) is 0 Å². The van der Waals surface area contributed by atoms with Crippen LogP contribution in [0.4, 0.5) is 5.69 Å². The van der Waals surface area contributed by atoms with Crippen molar-refractivity contribution in [3.05, 3.63) is 63.7 Å². The summed E-state index contributed by atoms with van der Waals surface area (Å²) in [5.74, 6) is 0.354. The molecule has 6 nitrogen and oxygen atoms in total. The van der Waals surface area contributed by atoms with E-state index in [4.69, 9.17) is 10.00 Å². The molecule has 0 bridgehead atoms. The van der Waals surface area contributed by atoms with Crippen molar-refractivity contribution >= 4 is 5.69 Å². The first-order valence-corrected chi connectivity index (χ1v) is 6.16. The van der Waals surface area contributed by atoms with Crippen LogP contribution in [0.1, 0.15) is 24.2 Å². The monoisotopic (exact) mass is 284 g/mol. The summed E-state index contributed by atoms with van der Waals surface area (Å²) in [6, 6.07) is 12.5. The lowest BCUT2D eigenvalue weighted by Gasteiger charge is -2.13. The van der Waals surface area contributed by atoms with Gasteiger partial charge in [-0.1, -0.05) is 18.2 Å². The van der Waals surface area contributed by atoms with E-state index in [2.05, 4.69) is 0 Å². The highest BCUT2D eigenvalue weighted by Crippen LogP contribution is 2.35. The molecule has 2 aromatic rings. The zero-order valence-corrected chi connectivity index (χ0v) is 11.2. The normalized spacial score (nSPS) is 11.5. The zero-order valence-electron chi connectivity index (χ0n) is 11.2. The Hall–Kier alpha value is -2.91. The first-order valence-electron chi connectivity index (χ1n) is 6.16. The van der Waals surface area contributed by atoms with Crippen LogP contribution in [0.15, 0.2) is 42.5 Å². The molecule has 0 heterocycles. The topological polar surface area (TPSA) is 96.4 Å². The van der Waals surface area contributed by atoms with E-state index in [1.165, 1.54) is 12.1 Å². The van der Waals surface area contributed by atoms with Crippen molar-refractivity contribution < 1.29 is 14.8 Å². The molecule has 1 N–H and O–H groups in total. The minimum absolute atomic E-state index is 0.0205. The summed E-state index contributed by atoms with van der Waals surface area (Å²) in [6.07, 6.45) is -0.765. The Morgan fingerprint density at radius 3 is 2.62 bits per heavy atom. The second-order valence-corrected chi connectivity index (χ2v) is 4.37. The first-order chi connectivity index (χ1) is 10.0. The van der Waals surface area contributed by atoms with E-state index in [1.54, 1.807) is 31.2 Å². The number of nitro groups is 1. The van der Waals surface area contributed by atoms with Crippen LogP contribution in [0, 0.1) is 21.4 Å². The lowest BCUT2D eigenvalue weighted by Crippen LogP contribution is -1.98. The number of nitrogens with zero attached hydrogens (tertiary/aromatic N) is 2. The molecule has 0 radical (unpaired) electrons. The van der Waals surface area contributed by atoms with Gasteiger partial charge < -0.3 is 9.84 Å². The predicted molar refractivity (Wildman–Crippen MR) is 75.0 cm³/mol. The number of ether oxygens (including phenoxy) is 1. The number of nitriles is 1. The molecule has 21 heavy (non-hydrogen) atoms. The molecule has 0 unspecified atom stereocenters. The lowest BCUT2D eigenvalue weighted by atomic mass is 10.1. The summed E-state index contributed by atoms with van der Waals surface area (Å²) in [6.45, 7) is 1.58. The van der Waals surface area contributed by atoms with Gasteiger partial charge in [-0.2, -0.15) is 5.26 Å². The van der Waals surface area contributed by atoms with Gasteiger partial charge in [-0.3, -0.25) is 10.1 Å². The Balaban J connectivity index is 2.45. The molecular weight excluding hydrogens is 272 g/mol. The van der Waals surface area contributed by atoms with E-state index in [-0.39, 0.29) is 17.0 Å². The van der Waals surface area contributed by atoms with E-state index in [0.29, 0.717) is 11.3 Å². The minimum Gasteiger partial charge on any atom is -0.450 e. The maximum atomic E-state index is 11.1. The van der Waals surface area contributed by atoms with Crippen LogP contribution in [-0.4, -0.2) is 10.0 Å². The summed E-state index contributed by atoms with van der Waals surface area (Å²) in [4.78, 5) is 10.5. The van der Waals surface area contributed by atoms with Crippen LogP contribution in [-0.2, 0) is 0 Å². The molecule has 0 saturated carbocycles. The van der Waals surface area contributed by atoms with Crippen LogP contribution in [0.25, 0.3) is 0 Å². The molecule has 2 aromatic carbocycles. The molecule has 0 aliphatic rings. The van der Waals surface area contributed by atoms with Gasteiger partial charge in [0, 0.05) is 11.6 Å². The number of rotatable bonds is 4. The summed E-state index contributed by atoms with van der Waals surface area (Å²) in [5, 5.41) is 29.5. The van der Waals surface area contributed by atoms with Gasteiger partial charge in [0.2, 0.25) is 5.75 Å². The van der Waals surface area contributed by atoms with Crippen molar-refractivity contribution in [3.8, 4) is 17.6 Å². The van der Waals surface area contributed by atoms with Gasteiger partial charge in [0.1, 0.15) is 5.75 Å². The molecule has 0 spiro atoms. The molecule has 2 rings (SSSR count). The van der Waals surface area contributed by atoms with Gasteiger partial charge in [0.25, 0.3) is 0 Å². The Labute approximate surface area is 121 Å². The highest BCUT2D eigenvalue weighted by Gasteiger charge is 2.18. The Kier molecular flexibility index (Phi) is 4.16. The van der Waals surface area contributed by atoms with Crippen molar-refractivity contribution in [2.24, 2.45) is 0 Å². The van der Waals surface area contributed by atoms with Crippen molar-refractivity contribution in [3.63, 3.8) is 0 Å². The lowest BCUT2D eigenvalue weighted by molar-refractivity contribution is -0.385. The van der Waals surface area contributed by atoms with Crippen molar-refractivity contribution in [1.29, 1.82) is 5.26 Å². The Bertz CT molecular complexity index is 720. The van der Waals surface area contributed by atoms with Crippen molar-refractivity contribution in [2.45, 2.75) is 13.0 Å². The molecule has 0 amide bonds. The summed E-state index contributed by atoms with van der Waals surface area (Å²) in [7, 11) is 0. The van der Waals surface area contributed by atoms with Crippen LogP contribution in [0.3, 0.4) is 0 Å². The number of para-hydroxylation sites is 1. The molecular formula is C15H12N2O4. The average molecular weight is 284 g/mol. The van der Waals surface area contributed by atoms with Crippen LogP contribution in [0.5, 0.6) is 11.5 Å². The fraction of sp³-hybridized carbons (Fsp3) is 0.133. The maximum Gasteiger partial charge on any atom is 0.312 e. The smallest absolute Gasteiger partial charge is 0.312 e. The van der Waals surface area contributed by atoms with Gasteiger partial charge in [-0.15, -0.1) is 0 Å². The fourth-order valence-electron chi connectivity index (χ4n) is 1.85. The molecule has 0 aromatic heterocycles. The van der Waals surface area contributed by atoms with E-state index < -0.39 is 11.0 Å². The van der Waals surface area contributed by atoms with Gasteiger partial charge in [0.15, 0.2) is 0 Å². The summed E-state index contributed by atoms with van der Waals surface area (Å²) >= 11 is 0. The van der Waals surface area contributed by atoms with Crippen LogP contribution in [0.2, 0.25) is 0 Å². The standard InChI is InChI=1S/C15H12N2O4/c1-10(18)12-4-2-3-5-14(12)21-15-7-6-11(9-16)8-13(15)17(19)20/h2-8,10,18H,1H3/t10-/m1/s1. The maximum absolute atomic E-state index is 11.1. The summed E-state index contributed by atoms with van der Waals surface area (Å²) < 4.78 is 5.55. The Morgan fingerprint density at radius 2 is 2.00 bits per heavy atom. The molecule has 106 valence electrons. The molecule has 0 saturated heterocycles. The molecule has 0 fully saturated rings. The third-order valence-electron chi connectivity index (χ3n) is 2.87. The second-order valence-electron chi connectivity index (χ2n) is 4.37. The Morgan fingerprint density at radius 1 is 1.29 bits per heavy atom. The number of benzene rings is 2. The highest BCUT2D eigenvalue weighted by atomic mass is 16.6. The van der Waals surface area contributed by atoms with Crippen molar-refractivity contribution in [1.82, 2.24) is 0 Å². The zero-order chi connectivity index (χ0) is 15.4. The third kappa shape index (κ3) is 3.16. The minimum atomic E-state index is -0.765. The number of aliphatic hydroxyl groups is 1. The van der Waals surface area contributed by atoms with Gasteiger partial charge in [-0.05, 0) is 25.1 Å². The number of hydrogen-bond acceptors (Lipinski definition) is 5. The third-order valence-corrected chi connectivity index (χ3v) is 2.87. The quantitative estimate of drug-likeness (QED) is 0.686. The number of nitro benzene ring substituents is 1. The average Bonchev–Trinajstić information content (AvgIpc) is 2.47. The molecule has 0 aliphatic carbocycles. The number of aliphatic hydroxyl groups excluding tert-OH is 1. The first kappa shape index (κ1) is 14.5. The van der Waals surface area contributed by atoms with Gasteiger partial charge in [-0.25, -0.2) is 0 Å². The second kappa shape index (κ2) is 6.03. The van der Waals surface area contributed by atoms with E-state index in [0.717, 1.165) is 6.07 Å². The highest BCUT2D eigenvalue weighted by molar-refractivity contribution is 5.53. The number of hydrogen-bond donors (Lipinski definition) is 1. The van der Waals surface area contributed by atoms with E-state index in [9.17, 15) is 15.2 Å². The van der Waals surface area contributed by atoms with E-state index >= 15 is 0 Å². The van der Waals surface area contributed by atoms with Gasteiger partial charge in [0.05, 0.1) is 22.7 Å². The van der Waals surface area contributed by atoms with Gasteiger partial charge >= 0.3 is 5.69 Å². The molecule has 0 aliphatic heterocycles. The molecule has 1 atom stereocenters. The van der Waals surface area contributed by atoms with Crippen LogP contribution >= 0.6 is 0 Å². The largest absolute Gasteiger partial charge is 0.450 e. The summed E-state index contributed by atoms with van der Waals surface area (Å²) in [5.41, 5.74) is 0.406. The van der Waals surface area contributed by atoms with E-state index in [1.807, 2.05) is 6.07 Å². The SMILES string of the molecule is C[C@@H](O)c1ccccc1Oc1ccc(C#N)cc1[N+](=O)[O-]. The predicted octanol–water partition coefficient (Wildman–Crippen LogP) is 3.31. The van der Waals surface area contributed by atoms with Crippen LogP contribution < -0.4 is 4.74 Å². The molecule has 6 heteroatoms. The fourth-order valence-corrected chi connectivity index (χ4v) is 1.85.